The Labute approximate surface area is 176 Å². The maximum Gasteiger partial charge on any atom is 0.259 e. The molecule has 5 heteroatoms. The van der Waals surface area contributed by atoms with Gasteiger partial charge in [-0.2, -0.15) is 0 Å². The first kappa shape index (κ1) is 18.8. The summed E-state index contributed by atoms with van der Waals surface area (Å²) in [6, 6.07) is 17.0. The summed E-state index contributed by atoms with van der Waals surface area (Å²) in [5, 5.41) is 0. The minimum atomic E-state index is 0.0817. The topological polar surface area (TPSA) is 42.5 Å². The van der Waals surface area contributed by atoms with Gasteiger partial charge < -0.3 is 0 Å². The largest absolute Gasteiger partial charge is 0.294 e. The molecule has 2 aromatic carbocycles. The highest BCUT2D eigenvalue weighted by Gasteiger charge is 2.24. The van der Waals surface area contributed by atoms with Crippen molar-refractivity contribution in [3.63, 3.8) is 0 Å². The number of hydrogen-bond acceptors (Lipinski definition) is 3. The molecule has 4 aromatic rings. The van der Waals surface area contributed by atoms with Crippen LogP contribution in [0.25, 0.3) is 5.78 Å². The number of benzene rings is 2. The molecule has 0 unspecified atom stereocenters. The van der Waals surface area contributed by atoms with Gasteiger partial charge in [-0.3, -0.25) is 18.7 Å². The third-order valence-corrected chi connectivity index (χ3v) is 6.00. The molecule has 1 aliphatic rings. The predicted octanol–water partition coefficient (Wildman–Crippen LogP) is 3.72. The van der Waals surface area contributed by atoms with E-state index >= 15 is 0 Å². The molecular weight excluding hydrogens is 372 g/mol. The van der Waals surface area contributed by atoms with E-state index in [1.807, 2.05) is 10.8 Å². The van der Waals surface area contributed by atoms with Gasteiger partial charge in [0.1, 0.15) is 0 Å². The van der Waals surface area contributed by atoms with Crippen LogP contribution in [-0.4, -0.2) is 25.4 Å². The van der Waals surface area contributed by atoms with Gasteiger partial charge in [0.15, 0.2) is 0 Å². The third kappa shape index (κ3) is 3.46. The lowest BCUT2D eigenvalue weighted by Crippen LogP contribution is -2.38. The normalized spacial score (nSPS) is 14.2. The first-order chi connectivity index (χ1) is 14.6. The molecule has 0 atom stereocenters. The van der Waals surface area contributed by atoms with Crippen molar-refractivity contribution >= 4 is 5.78 Å². The van der Waals surface area contributed by atoms with E-state index in [9.17, 15) is 4.79 Å². The lowest BCUT2D eigenvalue weighted by molar-refractivity contribution is 0.240. The smallest absolute Gasteiger partial charge is 0.259 e. The summed E-state index contributed by atoms with van der Waals surface area (Å²) in [6.45, 7) is 7.20. The Hall–Kier alpha value is -3.18. The Kier molecular flexibility index (Phi) is 4.75. The molecule has 0 fully saturated rings. The third-order valence-electron chi connectivity index (χ3n) is 6.00. The highest BCUT2D eigenvalue weighted by Crippen LogP contribution is 2.20. The first-order valence-electron chi connectivity index (χ1n) is 10.5. The van der Waals surface area contributed by atoms with Crippen molar-refractivity contribution in [3.8, 4) is 0 Å². The van der Waals surface area contributed by atoms with Gasteiger partial charge in [-0.05, 0) is 25.0 Å². The van der Waals surface area contributed by atoms with Crippen LogP contribution < -0.4 is 5.56 Å². The van der Waals surface area contributed by atoms with Crippen LogP contribution in [0.1, 0.15) is 33.5 Å². The van der Waals surface area contributed by atoms with Crippen LogP contribution in [0, 0.1) is 13.8 Å². The summed E-state index contributed by atoms with van der Waals surface area (Å²) in [5.41, 5.74) is 6.97. The van der Waals surface area contributed by atoms with Gasteiger partial charge in [0.2, 0.25) is 5.78 Å². The molecule has 30 heavy (non-hydrogen) atoms. The Bertz CT molecular complexity index is 1270. The summed E-state index contributed by atoms with van der Waals surface area (Å²) >= 11 is 0. The molecule has 0 amide bonds. The van der Waals surface area contributed by atoms with Crippen LogP contribution in [0.4, 0.5) is 0 Å². The standard InChI is InChI=1S/C25H26N4O/c1-18-6-8-20(9-7-18)16-29-24(30)22-17-27(15-21-5-3-4-19(2)14-21)12-10-23(22)28-13-11-26-25(28)29/h3-9,11,13-14H,10,12,15-17H2,1-2H3. The second-order valence-electron chi connectivity index (χ2n) is 8.35. The average Bonchev–Trinajstić information content (AvgIpc) is 3.22. The zero-order valence-electron chi connectivity index (χ0n) is 17.5. The first-order valence-corrected chi connectivity index (χ1v) is 10.5. The summed E-state index contributed by atoms with van der Waals surface area (Å²) in [5.74, 6) is 0.728. The van der Waals surface area contributed by atoms with Gasteiger partial charge in [0.25, 0.3) is 5.56 Å². The molecule has 0 bridgehead atoms. The number of hydrogen-bond donors (Lipinski definition) is 0. The molecule has 5 nitrogen and oxygen atoms in total. The van der Waals surface area contributed by atoms with E-state index in [-0.39, 0.29) is 5.56 Å². The molecule has 0 aliphatic carbocycles. The van der Waals surface area contributed by atoms with Crippen molar-refractivity contribution in [1.29, 1.82) is 0 Å². The Morgan fingerprint density at radius 2 is 1.80 bits per heavy atom. The molecule has 5 rings (SSSR count). The quantitative estimate of drug-likeness (QED) is 0.526. The molecule has 0 radical (unpaired) electrons. The molecule has 3 heterocycles. The monoisotopic (exact) mass is 398 g/mol. The van der Waals surface area contributed by atoms with E-state index in [4.69, 9.17) is 0 Å². The molecule has 1 aliphatic heterocycles. The van der Waals surface area contributed by atoms with E-state index in [1.165, 1.54) is 16.7 Å². The van der Waals surface area contributed by atoms with Gasteiger partial charge >= 0.3 is 0 Å². The number of nitrogens with zero attached hydrogens (tertiary/aromatic N) is 4. The van der Waals surface area contributed by atoms with Crippen LogP contribution in [-0.2, 0) is 26.1 Å². The van der Waals surface area contributed by atoms with Crippen molar-refractivity contribution in [2.24, 2.45) is 0 Å². The van der Waals surface area contributed by atoms with E-state index in [0.29, 0.717) is 13.1 Å². The zero-order chi connectivity index (χ0) is 20.7. The van der Waals surface area contributed by atoms with Crippen molar-refractivity contribution < 1.29 is 0 Å². The van der Waals surface area contributed by atoms with E-state index in [1.54, 1.807) is 6.20 Å². The van der Waals surface area contributed by atoms with Crippen molar-refractivity contribution in [1.82, 2.24) is 18.9 Å². The number of aromatic nitrogens is 3. The van der Waals surface area contributed by atoms with Crippen LogP contribution in [0.5, 0.6) is 0 Å². The fourth-order valence-corrected chi connectivity index (χ4v) is 4.45. The lowest BCUT2D eigenvalue weighted by Gasteiger charge is -2.29. The van der Waals surface area contributed by atoms with Crippen molar-refractivity contribution in [2.75, 3.05) is 6.54 Å². The molecule has 152 valence electrons. The minimum Gasteiger partial charge on any atom is -0.294 e. The Morgan fingerprint density at radius 3 is 2.60 bits per heavy atom. The average molecular weight is 399 g/mol. The Balaban J connectivity index is 1.51. The van der Waals surface area contributed by atoms with Crippen LogP contribution in [0.3, 0.4) is 0 Å². The van der Waals surface area contributed by atoms with Crippen molar-refractivity contribution in [3.05, 3.63) is 105 Å². The molecule has 0 N–H and O–H groups in total. The highest BCUT2D eigenvalue weighted by molar-refractivity contribution is 5.39. The summed E-state index contributed by atoms with van der Waals surface area (Å²) in [4.78, 5) is 20.4. The Morgan fingerprint density at radius 1 is 0.967 bits per heavy atom. The fourth-order valence-electron chi connectivity index (χ4n) is 4.45. The van der Waals surface area contributed by atoms with Crippen molar-refractivity contribution in [2.45, 2.75) is 39.9 Å². The minimum absolute atomic E-state index is 0.0817. The van der Waals surface area contributed by atoms with E-state index in [2.05, 4.69) is 76.7 Å². The highest BCUT2D eigenvalue weighted by atomic mass is 16.1. The summed E-state index contributed by atoms with van der Waals surface area (Å²) in [6.07, 6.45) is 4.63. The summed E-state index contributed by atoms with van der Waals surface area (Å²) < 4.78 is 3.93. The van der Waals surface area contributed by atoms with E-state index in [0.717, 1.165) is 42.1 Å². The lowest BCUT2D eigenvalue weighted by atomic mass is 10.0. The number of imidazole rings is 1. The zero-order valence-corrected chi connectivity index (χ0v) is 17.5. The number of fused-ring (bicyclic) bond motifs is 3. The van der Waals surface area contributed by atoms with Gasteiger partial charge in [0.05, 0.1) is 12.1 Å². The number of aryl methyl sites for hydroxylation is 2. The van der Waals surface area contributed by atoms with E-state index < -0.39 is 0 Å². The van der Waals surface area contributed by atoms with Gasteiger partial charge in [-0.1, -0.05) is 59.7 Å². The molecule has 0 saturated heterocycles. The summed E-state index contributed by atoms with van der Waals surface area (Å²) in [7, 11) is 0. The second-order valence-corrected chi connectivity index (χ2v) is 8.35. The SMILES string of the molecule is Cc1ccc(Cn2c(=O)c3c(n4ccnc24)CCN(Cc2cccc(C)c2)C3)cc1. The maximum absolute atomic E-state index is 13.5. The molecule has 0 saturated carbocycles. The van der Waals surface area contributed by atoms with Crippen LogP contribution in [0.2, 0.25) is 0 Å². The fraction of sp³-hybridized carbons (Fsp3) is 0.280. The van der Waals surface area contributed by atoms with Gasteiger partial charge in [-0.25, -0.2) is 4.98 Å². The molecule has 0 spiro atoms. The van der Waals surface area contributed by atoms with Crippen LogP contribution in [0.15, 0.2) is 65.7 Å². The molecule has 2 aromatic heterocycles. The predicted molar refractivity (Wildman–Crippen MR) is 119 cm³/mol. The van der Waals surface area contributed by atoms with Gasteiger partial charge in [0, 0.05) is 44.1 Å². The second kappa shape index (κ2) is 7.58. The number of rotatable bonds is 4. The van der Waals surface area contributed by atoms with Crippen LogP contribution >= 0.6 is 0 Å². The maximum atomic E-state index is 13.5. The van der Waals surface area contributed by atoms with Gasteiger partial charge in [-0.15, -0.1) is 0 Å². The molecular formula is C25H26N4O.